The number of halogens is 3. The summed E-state index contributed by atoms with van der Waals surface area (Å²) >= 11 is 0. The van der Waals surface area contributed by atoms with Crippen molar-refractivity contribution in [3.63, 3.8) is 0 Å². The predicted molar refractivity (Wildman–Crippen MR) is 70.8 cm³/mol. The summed E-state index contributed by atoms with van der Waals surface area (Å²) in [6.07, 6.45) is -1.92. The van der Waals surface area contributed by atoms with E-state index in [0.717, 1.165) is 12.1 Å². The molecule has 0 unspecified atom stereocenters. The summed E-state index contributed by atoms with van der Waals surface area (Å²) in [6, 6.07) is 3.31. The van der Waals surface area contributed by atoms with E-state index in [1.54, 1.807) is 6.92 Å². The number of carbonyl (C=O) groups is 1. The van der Waals surface area contributed by atoms with Gasteiger partial charge in [0.15, 0.2) is 0 Å². The molecule has 0 saturated carbocycles. The molecule has 21 heavy (non-hydrogen) atoms. The van der Waals surface area contributed by atoms with Crippen LogP contribution in [0, 0.1) is 0 Å². The third-order valence-electron chi connectivity index (χ3n) is 3.08. The second-order valence-electron chi connectivity index (χ2n) is 4.58. The van der Waals surface area contributed by atoms with E-state index >= 15 is 0 Å². The van der Waals surface area contributed by atoms with Gasteiger partial charge in [-0.15, -0.1) is 0 Å². The number of ether oxygens (including phenoxy) is 2. The molecule has 1 aliphatic heterocycles. The SMILES string of the molecule is CCOC(=O)C=C1CCCOc2cc(C(F)(F)F)ccc21. The fraction of sp³-hybridized carbons (Fsp3) is 0.400. The zero-order chi connectivity index (χ0) is 15.5. The number of hydrogen-bond donors (Lipinski definition) is 0. The maximum Gasteiger partial charge on any atom is 0.416 e. The molecule has 0 bridgehead atoms. The van der Waals surface area contributed by atoms with Crippen LogP contribution in [-0.4, -0.2) is 19.2 Å². The van der Waals surface area contributed by atoms with Gasteiger partial charge in [0.05, 0.1) is 18.8 Å². The fourth-order valence-electron chi connectivity index (χ4n) is 2.14. The fourth-order valence-corrected chi connectivity index (χ4v) is 2.14. The van der Waals surface area contributed by atoms with Crippen LogP contribution in [0.15, 0.2) is 24.3 Å². The van der Waals surface area contributed by atoms with E-state index in [2.05, 4.69) is 0 Å². The summed E-state index contributed by atoms with van der Waals surface area (Å²) in [4.78, 5) is 11.5. The third kappa shape index (κ3) is 3.77. The first-order valence-corrected chi connectivity index (χ1v) is 6.63. The number of fused-ring (bicyclic) bond motifs is 1. The quantitative estimate of drug-likeness (QED) is 0.615. The lowest BCUT2D eigenvalue weighted by atomic mass is 9.99. The Labute approximate surface area is 120 Å². The van der Waals surface area contributed by atoms with E-state index in [9.17, 15) is 18.0 Å². The van der Waals surface area contributed by atoms with Crippen molar-refractivity contribution in [2.75, 3.05) is 13.2 Å². The summed E-state index contributed by atoms with van der Waals surface area (Å²) < 4.78 is 48.4. The van der Waals surface area contributed by atoms with Gasteiger partial charge in [0.1, 0.15) is 5.75 Å². The highest BCUT2D eigenvalue weighted by molar-refractivity contribution is 5.92. The van der Waals surface area contributed by atoms with Crippen LogP contribution in [0.25, 0.3) is 5.57 Å². The Morgan fingerprint density at radius 2 is 2.19 bits per heavy atom. The van der Waals surface area contributed by atoms with E-state index in [1.165, 1.54) is 12.1 Å². The van der Waals surface area contributed by atoms with Gasteiger partial charge >= 0.3 is 12.1 Å². The highest BCUT2D eigenvalue weighted by Crippen LogP contribution is 2.37. The van der Waals surface area contributed by atoms with Gasteiger partial charge in [0.2, 0.25) is 0 Å². The molecule has 0 aliphatic carbocycles. The van der Waals surface area contributed by atoms with Crippen molar-refractivity contribution in [3.05, 3.63) is 35.4 Å². The number of hydrogen-bond acceptors (Lipinski definition) is 3. The van der Waals surface area contributed by atoms with Crippen molar-refractivity contribution in [1.29, 1.82) is 0 Å². The minimum Gasteiger partial charge on any atom is -0.493 e. The van der Waals surface area contributed by atoms with Crippen LogP contribution in [0.2, 0.25) is 0 Å². The number of carbonyl (C=O) groups excluding carboxylic acids is 1. The first kappa shape index (κ1) is 15.4. The van der Waals surface area contributed by atoms with Gasteiger partial charge in [-0.2, -0.15) is 13.2 Å². The first-order valence-electron chi connectivity index (χ1n) is 6.63. The van der Waals surface area contributed by atoms with Crippen molar-refractivity contribution in [1.82, 2.24) is 0 Å². The molecule has 0 spiro atoms. The molecule has 3 nitrogen and oxygen atoms in total. The highest BCUT2D eigenvalue weighted by atomic mass is 19.4. The molecule has 6 heteroatoms. The molecular formula is C15H15F3O3. The molecule has 2 rings (SSSR count). The van der Waals surface area contributed by atoms with Gasteiger partial charge in [-0.25, -0.2) is 4.79 Å². The van der Waals surface area contributed by atoms with Gasteiger partial charge < -0.3 is 9.47 Å². The van der Waals surface area contributed by atoms with Crippen LogP contribution in [-0.2, 0) is 15.7 Å². The van der Waals surface area contributed by atoms with Gasteiger partial charge in [-0.05, 0) is 37.5 Å². The second kappa shape index (κ2) is 6.20. The first-order chi connectivity index (χ1) is 9.91. The maximum atomic E-state index is 12.7. The highest BCUT2D eigenvalue weighted by Gasteiger charge is 2.31. The Hall–Kier alpha value is -1.98. The van der Waals surface area contributed by atoms with Crippen LogP contribution in [0.1, 0.15) is 30.9 Å². The van der Waals surface area contributed by atoms with Crippen molar-refractivity contribution >= 4 is 11.5 Å². The monoisotopic (exact) mass is 300 g/mol. The zero-order valence-corrected chi connectivity index (χ0v) is 11.5. The smallest absolute Gasteiger partial charge is 0.416 e. The zero-order valence-electron chi connectivity index (χ0n) is 11.5. The predicted octanol–water partition coefficient (Wildman–Crippen LogP) is 3.82. The van der Waals surface area contributed by atoms with E-state index in [0.29, 0.717) is 30.6 Å². The Kier molecular flexibility index (Phi) is 4.55. The van der Waals surface area contributed by atoms with Crippen LogP contribution >= 0.6 is 0 Å². The Morgan fingerprint density at radius 1 is 1.43 bits per heavy atom. The lowest BCUT2D eigenvalue weighted by Gasteiger charge is -2.12. The molecule has 0 fully saturated rings. The number of rotatable bonds is 2. The summed E-state index contributed by atoms with van der Waals surface area (Å²) in [5, 5.41) is 0. The Morgan fingerprint density at radius 3 is 2.86 bits per heavy atom. The van der Waals surface area contributed by atoms with Crippen LogP contribution in [0.4, 0.5) is 13.2 Å². The molecular weight excluding hydrogens is 285 g/mol. The van der Waals surface area contributed by atoms with Gasteiger partial charge in [-0.1, -0.05) is 6.07 Å². The molecule has 0 atom stereocenters. The van der Waals surface area contributed by atoms with Crippen LogP contribution in [0.5, 0.6) is 5.75 Å². The number of benzene rings is 1. The summed E-state index contributed by atoms with van der Waals surface area (Å²) in [7, 11) is 0. The lowest BCUT2D eigenvalue weighted by molar-refractivity contribution is -0.138. The second-order valence-corrected chi connectivity index (χ2v) is 4.58. The molecule has 0 radical (unpaired) electrons. The molecule has 1 heterocycles. The van der Waals surface area contributed by atoms with Gasteiger partial charge in [0, 0.05) is 11.6 Å². The summed E-state index contributed by atoms with van der Waals surface area (Å²) in [6.45, 7) is 2.25. The molecule has 0 amide bonds. The van der Waals surface area contributed by atoms with Crippen molar-refractivity contribution in [2.45, 2.75) is 25.9 Å². The normalized spacial score (nSPS) is 16.9. The molecule has 0 saturated heterocycles. The summed E-state index contributed by atoms with van der Waals surface area (Å²) in [5.74, 6) is -0.349. The Bertz CT molecular complexity index is 562. The topological polar surface area (TPSA) is 35.5 Å². The largest absolute Gasteiger partial charge is 0.493 e. The molecule has 1 aromatic rings. The Balaban J connectivity index is 2.40. The van der Waals surface area contributed by atoms with Gasteiger partial charge in [0.25, 0.3) is 0 Å². The lowest BCUT2D eigenvalue weighted by Crippen LogP contribution is -2.06. The molecule has 1 aliphatic rings. The standard InChI is InChI=1S/C15H15F3O3/c1-2-20-14(19)8-10-4-3-7-21-13-9-11(15(16,17)18)5-6-12(10)13/h5-6,8-9H,2-4,7H2,1H3. The van der Waals surface area contributed by atoms with Crippen molar-refractivity contribution in [3.8, 4) is 5.75 Å². The van der Waals surface area contributed by atoms with Crippen LogP contribution < -0.4 is 4.74 Å². The molecule has 0 N–H and O–H groups in total. The molecule has 114 valence electrons. The van der Waals surface area contributed by atoms with Gasteiger partial charge in [-0.3, -0.25) is 0 Å². The number of allylic oxidation sites excluding steroid dienone is 1. The van der Waals surface area contributed by atoms with E-state index in [1.807, 2.05) is 0 Å². The minimum atomic E-state index is -4.42. The molecule has 0 aromatic heterocycles. The van der Waals surface area contributed by atoms with E-state index in [4.69, 9.17) is 9.47 Å². The van der Waals surface area contributed by atoms with Crippen molar-refractivity contribution in [2.24, 2.45) is 0 Å². The maximum absolute atomic E-state index is 12.7. The van der Waals surface area contributed by atoms with E-state index in [-0.39, 0.29) is 12.4 Å². The van der Waals surface area contributed by atoms with Crippen molar-refractivity contribution < 1.29 is 27.4 Å². The third-order valence-corrected chi connectivity index (χ3v) is 3.08. The minimum absolute atomic E-state index is 0.151. The number of esters is 1. The number of alkyl halides is 3. The van der Waals surface area contributed by atoms with Crippen LogP contribution in [0.3, 0.4) is 0 Å². The summed E-state index contributed by atoms with van der Waals surface area (Å²) in [5.41, 5.74) is 0.377. The average molecular weight is 300 g/mol. The van der Waals surface area contributed by atoms with E-state index < -0.39 is 17.7 Å². The molecule has 1 aromatic carbocycles. The average Bonchev–Trinajstić information content (AvgIpc) is 2.60.